The highest BCUT2D eigenvalue weighted by atomic mass is 14.9. The third-order valence-corrected chi connectivity index (χ3v) is 5.60. The van der Waals surface area contributed by atoms with Gasteiger partial charge in [-0.25, -0.2) is 0 Å². The molecule has 0 nitrogen and oxygen atoms in total. The topological polar surface area (TPSA) is 0 Å². The minimum absolute atomic E-state index is 0.796. The van der Waals surface area contributed by atoms with Crippen molar-refractivity contribution in [1.82, 2.24) is 0 Å². The van der Waals surface area contributed by atoms with E-state index in [-0.39, 0.29) is 0 Å². The van der Waals surface area contributed by atoms with Gasteiger partial charge in [0.1, 0.15) is 0 Å². The van der Waals surface area contributed by atoms with E-state index in [0.717, 1.165) is 22.7 Å². The molecule has 5 atom stereocenters. The van der Waals surface area contributed by atoms with E-state index in [1.54, 1.807) is 12.8 Å². The summed E-state index contributed by atoms with van der Waals surface area (Å²) >= 11 is 0. The van der Waals surface area contributed by atoms with Gasteiger partial charge in [0.15, 0.2) is 0 Å². The van der Waals surface area contributed by atoms with Crippen LogP contribution in [-0.4, -0.2) is 0 Å². The molecule has 0 heterocycles. The summed E-state index contributed by atoms with van der Waals surface area (Å²) in [6.07, 6.45) is 6.06. The van der Waals surface area contributed by atoms with Crippen LogP contribution in [0.25, 0.3) is 0 Å². The molecule has 3 saturated carbocycles. The molecule has 0 saturated heterocycles. The Balaban J connectivity index is 1.76. The third-order valence-electron chi connectivity index (χ3n) is 5.60. The van der Waals surface area contributed by atoms with E-state index in [1.807, 2.05) is 0 Å². The lowest BCUT2D eigenvalue weighted by Crippen LogP contribution is -2.19. The number of hydrogen-bond acceptors (Lipinski definition) is 0. The molecule has 0 radical (unpaired) electrons. The van der Waals surface area contributed by atoms with Gasteiger partial charge in [0.25, 0.3) is 0 Å². The van der Waals surface area contributed by atoms with Crippen LogP contribution in [0.5, 0.6) is 0 Å². The summed E-state index contributed by atoms with van der Waals surface area (Å²) in [6.45, 7) is 7.29. The van der Waals surface area contributed by atoms with Crippen molar-refractivity contribution in [2.75, 3.05) is 0 Å². The van der Waals surface area contributed by atoms with Gasteiger partial charge in [-0.3, -0.25) is 0 Å². The maximum atomic E-state index is 2.53. The second kappa shape index (κ2) is 1.76. The molecule has 0 N–H and O–H groups in total. The fraction of sp³-hybridized carbons (Fsp3) is 1.00. The molecular weight excluding hydrogens is 144 g/mol. The van der Waals surface area contributed by atoms with Crippen molar-refractivity contribution in [3.05, 3.63) is 0 Å². The second-order valence-electron chi connectivity index (χ2n) is 5.69. The van der Waals surface area contributed by atoms with Crippen LogP contribution < -0.4 is 0 Å². The van der Waals surface area contributed by atoms with E-state index in [0.29, 0.717) is 0 Å². The summed E-state index contributed by atoms with van der Waals surface area (Å²) < 4.78 is 0. The zero-order chi connectivity index (χ0) is 8.56. The Labute approximate surface area is 75.7 Å². The standard InChI is InChI=1S/C12H20/c1-4-8-6-12(8)7-9-10(12)11(9,3)5-2/h8-10H,4-7H2,1-3H3. The number of hydrogen-bond donors (Lipinski definition) is 0. The lowest BCUT2D eigenvalue weighted by molar-refractivity contribution is 0.227. The third kappa shape index (κ3) is 0.533. The maximum Gasteiger partial charge on any atom is -0.0227 e. The predicted octanol–water partition coefficient (Wildman–Crippen LogP) is 3.47. The molecular formula is C12H20. The Kier molecular flexibility index (Phi) is 1.09. The van der Waals surface area contributed by atoms with Crippen molar-refractivity contribution in [1.29, 1.82) is 0 Å². The Morgan fingerprint density at radius 3 is 2.42 bits per heavy atom. The lowest BCUT2D eigenvalue weighted by atomic mass is 9.79. The average molecular weight is 164 g/mol. The van der Waals surface area contributed by atoms with Gasteiger partial charge in [-0.1, -0.05) is 33.6 Å². The van der Waals surface area contributed by atoms with Crippen LogP contribution in [0.3, 0.4) is 0 Å². The summed E-state index contributed by atoms with van der Waals surface area (Å²) in [4.78, 5) is 0. The van der Waals surface area contributed by atoms with Crippen molar-refractivity contribution in [3.8, 4) is 0 Å². The minimum Gasteiger partial charge on any atom is -0.0651 e. The Bertz CT molecular complexity index is 232. The zero-order valence-electron chi connectivity index (χ0n) is 8.56. The number of fused-ring (bicyclic) bond motifs is 2. The normalized spacial score (nSPS) is 65.8. The van der Waals surface area contributed by atoms with E-state index in [2.05, 4.69) is 20.8 Å². The number of rotatable bonds is 2. The molecule has 0 aromatic carbocycles. The average Bonchev–Trinajstić information content (AvgIpc) is 2.85. The zero-order valence-corrected chi connectivity index (χ0v) is 8.56. The van der Waals surface area contributed by atoms with E-state index in [1.165, 1.54) is 18.8 Å². The van der Waals surface area contributed by atoms with Crippen LogP contribution in [0.4, 0.5) is 0 Å². The van der Waals surface area contributed by atoms with Crippen molar-refractivity contribution in [2.24, 2.45) is 28.6 Å². The molecule has 3 aliphatic carbocycles. The first-order chi connectivity index (χ1) is 5.69. The van der Waals surface area contributed by atoms with Crippen LogP contribution in [0.15, 0.2) is 0 Å². The highest BCUT2D eigenvalue weighted by molar-refractivity contribution is 5.30. The molecule has 5 unspecified atom stereocenters. The van der Waals surface area contributed by atoms with E-state index < -0.39 is 0 Å². The van der Waals surface area contributed by atoms with E-state index in [9.17, 15) is 0 Å². The lowest BCUT2D eigenvalue weighted by Gasteiger charge is -2.25. The largest absolute Gasteiger partial charge is 0.0651 e. The van der Waals surface area contributed by atoms with Gasteiger partial charge < -0.3 is 0 Å². The highest BCUT2D eigenvalue weighted by Crippen LogP contribution is 2.89. The van der Waals surface area contributed by atoms with Crippen LogP contribution >= 0.6 is 0 Å². The van der Waals surface area contributed by atoms with Crippen molar-refractivity contribution in [3.63, 3.8) is 0 Å². The van der Waals surface area contributed by atoms with Crippen LogP contribution in [-0.2, 0) is 0 Å². The summed E-state index contributed by atoms with van der Waals surface area (Å²) in [5.74, 6) is 3.45. The molecule has 0 bridgehead atoms. The fourth-order valence-corrected chi connectivity index (χ4v) is 4.51. The van der Waals surface area contributed by atoms with Gasteiger partial charge in [0, 0.05) is 0 Å². The van der Waals surface area contributed by atoms with E-state index >= 15 is 0 Å². The first kappa shape index (κ1) is 7.41. The van der Waals surface area contributed by atoms with Gasteiger partial charge >= 0.3 is 0 Å². The fourth-order valence-electron chi connectivity index (χ4n) is 4.51. The summed E-state index contributed by atoms with van der Waals surface area (Å²) in [6, 6.07) is 0. The SMILES string of the molecule is CCC1CC12CC1C2C1(C)CC. The smallest absolute Gasteiger partial charge is 0.0227 e. The Hall–Kier alpha value is 0. The predicted molar refractivity (Wildman–Crippen MR) is 50.8 cm³/mol. The molecule has 0 heteroatoms. The van der Waals surface area contributed by atoms with Gasteiger partial charge in [0.05, 0.1) is 0 Å². The molecule has 12 heavy (non-hydrogen) atoms. The highest BCUT2D eigenvalue weighted by Gasteiger charge is 2.82. The van der Waals surface area contributed by atoms with Gasteiger partial charge in [-0.2, -0.15) is 0 Å². The summed E-state index contributed by atoms with van der Waals surface area (Å²) in [5.41, 5.74) is 1.70. The Morgan fingerprint density at radius 2 is 2.00 bits per heavy atom. The monoisotopic (exact) mass is 164 g/mol. The van der Waals surface area contributed by atoms with Gasteiger partial charge in [0.2, 0.25) is 0 Å². The molecule has 0 amide bonds. The Morgan fingerprint density at radius 1 is 1.25 bits per heavy atom. The van der Waals surface area contributed by atoms with Crippen LogP contribution in [0.1, 0.15) is 46.5 Å². The molecule has 0 aliphatic heterocycles. The second-order valence-corrected chi connectivity index (χ2v) is 5.69. The molecule has 3 aliphatic rings. The van der Waals surface area contributed by atoms with Crippen LogP contribution in [0, 0.1) is 28.6 Å². The molecule has 1 spiro atoms. The minimum atomic E-state index is 0.796. The van der Waals surface area contributed by atoms with E-state index in [4.69, 9.17) is 0 Å². The van der Waals surface area contributed by atoms with Crippen LogP contribution in [0.2, 0.25) is 0 Å². The molecule has 3 rings (SSSR count). The maximum absolute atomic E-state index is 2.53. The summed E-state index contributed by atoms with van der Waals surface area (Å²) in [7, 11) is 0. The molecule has 68 valence electrons. The summed E-state index contributed by atoms with van der Waals surface area (Å²) in [5, 5.41) is 0. The van der Waals surface area contributed by atoms with Crippen molar-refractivity contribution < 1.29 is 0 Å². The van der Waals surface area contributed by atoms with Gasteiger partial charge in [-0.15, -0.1) is 0 Å². The molecule has 0 aromatic heterocycles. The quantitative estimate of drug-likeness (QED) is 0.586. The first-order valence-corrected chi connectivity index (χ1v) is 5.69. The molecule has 3 fully saturated rings. The van der Waals surface area contributed by atoms with Gasteiger partial charge in [-0.05, 0) is 41.4 Å². The van der Waals surface area contributed by atoms with Crippen molar-refractivity contribution in [2.45, 2.75) is 46.5 Å². The first-order valence-electron chi connectivity index (χ1n) is 5.69. The van der Waals surface area contributed by atoms with Crippen molar-refractivity contribution >= 4 is 0 Å². The molecule has 0 aromatic rings.